The lowest BCUT2D eigenvalue weighted by Gasteiger charge is -2.21. The predicted molar refractivity (Wildman–Crippen MR) is 77.3 cm³/mol. The molecule has 0 aliphatic rings. The lowest BCUT2D eigenvalue weighted by Crippen LogP contribution is -2.46. The maximum Gasteiger partial charge on any atom is 0.247 e. The second-order valence-electron chi connectivity index (χ2n) is 4.89. The molecule has 0 saturated carbocycles. The van der Waals surface area contributed by atoms with Crippen LogP contribution in [-0.4, -0.2) is 17.9 Å². The second kappa shape index (κ2) is 6.57. The van der Waals surface area contributed by atoms with E-state index in [2.05, 4.69) is 10.6 Å². The van der Waals surface area contributed by atoms with E-state index in [-0.39, 0.29) is 17.7 Å². The summed E-state index contributed by atoms with van der Waals surface area (Å²) in [6.45, 7) is 7.06. The maximum absolute atomic E-state index is 12.1. The van der Waals surface area contributed by atoms with Crippen LogP contribution in [0.15, 0.2) is 18.2 Å². The van der Waals surface area contributed by atoms with Gasteiger partial charge in [0.05, 0.1) is 10.7 Å². The first-order valence-electron chi connectivity index (χ1n) is 6.15. The van der Waals surface area contributed by atoms with Gasteiger partial charge in [-0.1, -0.05) is 31.5 Å². The van der Waals surface area contributed by atoms with E-state index in [1.165, 1.54) is 6.92 Å². The number of hydrogen-bond acceptors (Lipinski definition) is 2. The van der Waals surface area contributed by atoms with Crippen LogP contribution < -0.4 is 10.6 Å². The number of carbonyl (C=O) groups excluding carboxylic acids is 2. The summed E-state index contributed by atoms with van der Waals surface area (Å²) in [4.78, 5) is 23.3. The number of amides is 2. The number of halogens is 1. The van der Waals surface area contributed by atoms with E-state index in [0.29, 0.717) is 10.7 Å². The van der Waals surface area contributed by atoms with Gasteiger partial charge in [-0.2, -0.15) is 0 Å². The molecule has 0 radical (unpaired) electrons. The molecule has 1 rings (SSSR count). The molecule has 0 spiro atoms. The quantitative estimate of drug-likeness (QED) is 0.892. The highest BCUT2D eigenvalue weighted by atomic mass is 35.5. The highest BCUT2D eigenvalue weighted by molar-refractivity contribution is 6.33. The van der Waals surface area contributed by atoms with Crippen LogP contribution in [-0.2, 0) is 9.59 Å². The van der Waals surface area contributed by atoms with E-state index in [4.69, 9.17) is 11.6 Å². The fourth-order valence-electron chi connectivity index (χ4n) is 1.69. The zero-order valence-electron chi connectivity index (χ0n) is 11.6. The van der Waals surface area contributed by atoms with Crippen molar-refractivity contribution in [2.45, 2.75) is 33.7 Å². The molecule has 104 valence electrons. The molecule has 5 heteroatoms. The minimum absolute atomic E-state index is 0.00637. The Hall–Kier alpha value is -1.55. The molecule has 0 bridgehead atoms. The number of hydrogen-bond donors (Lipinski definition) is 2. The van der Waals surface area contributed by atoms with Gasteiger partial charge in [-0.05, 0) is 30.5 Å². The molecule has 0 fully saturated rings. The van der Waals surface area contributed by atoms with Crippen molar-refractivity contribution in [2.24, 2.45) is 5.92 Å². The fourth-order valence-corrected chi connectivity index (χ4v) is 1.97. The summed E-state index contributed by atoms with van der Waals surface area (Å²) in [6, 6.07) is 4.82. The Bertz CT molecular complexity index is 486. The van der Waals surface area contributed by atoms with Crippen molar-refractivity contribution in [1.82, 2.24) is 5.32 Å². The first-order chi connectivity index (χ1) is 8.81. The van der Waals surface area contributed by atoms with Crippen molar-refractivity contribution in [3.63, 3.8) is 0 Å². The minimum atomic E-state index is -0.574. The number of carbonyl (C=O) groups is 2. The van der Waals surface area contributed by atoms with Gasteiger partial charge in [0.25, 0.3) is 0 Å². The van der Waals surface area contributed by atoms with Crippen LogP contribution in [0.25, 0.3) is 0 Å². The minimum Gasteiger partial charge on any atom is -0.344 e. The van der Waals surface area contributed by atoms with Gasteiger partial charge in [-0.25, -0.2) is 0 Å². The van der Waals surface area contributed by atoms with Gasteiger partial charge in [-0.3, -0.25) is 9.59 Å². The van der Waals surface area contributed by atoms with Crippen LogP contribution in [0.4, 0.5) is 5.69 Å². The van der Waals surface area contributed by atoms with E-state index in [1.54, 1.807) is 12.1 Å². The van der Waals surface area contributed by atoms with E-state index < -0.39 is 6.04 Å². The molecule has 0 aliphatic carbocycles. The van der Waals surface area contributed by atoms with E-state index in [0.717, 1.165) is 5.56 Å². The lowest BCUT2D eigenvalue weighted by atomic mass is 10.0. The Morgan fingerprint density at radius 3 is 2.37 bits per heavy atom. The summed E-state index contributed by atoms with van der Waals surface area (Å²) >= 11 is 6.06. The number of rotatable bonds is 4. The molecule has 2 amide bonds. The Labute approximate surface area is 118 Å². The monoisotopic (exact) mass is 282 g/mol. The number of aryl methyl sites for hydroxylation is 1. The Balaban J connectivity index is 2.84. The Morgan fingerprint density at radius 1 is 1.26 bits per heavy atom. The summed E-state index contributed by atoms with van der Waals surface area (Å²) in [7, 11) is 0. The topological polar surface area (TPSA) is 58.2 Å². The number of anilines is 1. The Morgan fingerprint density at radius 2 is 1.89 bits per heavy atom. The number of benzene rings is 1. The highest BCUT2D eigenvalue weighted by Gasteiger charge is 2.23. The van der Waals surface area contributed by atoms with Crippen LogP contribution in [0.2, 0.25) is 5.02 Å². The van der Waals surface area contributed by atoms with Crippen molar-refractivity contribution >= 4 is 29.1 Å². The zero-order valence-corrected chi connectivity index (χ0v) is 12.3. The molecule has 1 aromatic rings. The van der Waals surface area contributed by atoms with Crippen LogP contribution >= 0.6 is 11.6 Å². The van der Waals surface area contributed by atoms with Crippen LogP contribution in [0.5, 0.6) is 0 Å². The third kappa shape index (κ3) is 4.56. The van der Waals surface area contributed by atoms with Gasteiger partial charge in [0, 0.05) is 6.92 Å². The van der Waals surface area contributed by atoms with E-state index >= 15 is 0 Å². The summed E-state index contributed by atoms with van der Waals surface area (Å²) < 4.78 is 0. The fraction of sp³-hybridized carbons (Fsp3) is 0.429. The Kier molecular flexibility index (Phi) is 5.36. The molecule has 19 heavy (non-hydrogen) atoms. The molecule has 1 atom stereocenters. The molecule has 0 aromatic heterocycles. The molecule has 1 aromatic carbocycles. The van der Waals surface area contributed by atoms with Gasteiger partial charge in [0.15, 0.2) is 0 Å². The molecule has 2 N–H and O–H groups in total. The molecule has 4 nitrogen and oxygen atoms in total. The first-order valence-corrected chi connectivity index (χ1v) is 6.53. The van der Waals surface area contributed by atoms with Crippen molar-refractivity contribution < 1.29 is 9.59 Å². The smallest absolute Gasteiger partial charge is 0.247 e. The molecule has 0 heterocycles. The third-order valence-corrected chi connectivity index (χ3v) is 3.00. The van der Waals surface area contributed by atoms with Crippen molar-refractivity contribution in [2.75, 3.05) is 5.32 Å². The molecular weight excluding hydrogens is 264 g/mol. The van der Waals surface area contributed by atoms with Crippen LogP contribution in [0, 0.1) is 12.8 Å². The van der Waals surface area contributed by atoms with Crippen LogP contribution in [0.1, 0.15) is 26.3 Å². The second-order valence-corrected chi connectivity index (χ2v) is 5.30. The standard InChI is InChI=1S/C14H19ClN2O2/c1-8(2)13(16-10(4)18)14(19)17-12-6-5-9(3)7-11(12)15/h5-8,13H,1-4H3,(H,16,18)(H,17,19). The molecule has 1 unspecified atom stereocenters. The van der Waals surface area contributed by atoms with Gasteiger partial charge in [-0.15, -0.1) is 0 Å². The van der Waals surface area contributed by atoms with E-state index in [1.807, 2.05) is 26.8 Å². The van der Waals surface area contributed by atoms with Gasteiger partial charge in [0.2, 0.25) is 11.8 Å². The van der Waals surface area contributed by atoms with Crippen molar-refractivity contribution in [3.05, 3.63) is 28.8 Å². The van der Waals surface area contributed by atoms with E-state index in [9.17, 15) is 9.59 Å². The summed E-state index contributed by atoms with van der Waals surface area (Å²) in [5.41, 5.74) is 1.57. The predicted octanol–water partition coefficient (Wildman–Crippen LogP) is 2.75. The van der Waals surface area contributed by atoms with Crippen molar-refractivity contribution in [3.8, 4) is 0 Å². The van der Waals surface area contributed by atoms with Gasteiger partial charge >= 0.3 is 0 Å². The maximum atomic E-state index is 12.1. The molecule has 0 saturated heterocycles. The molecular formula is C14H19ClN2O2. The average molecular weight is 283 g/mol. The third-order valence-electron chi connectivity index (χ3n) is 2.69. The molecule has 0 aliphatic heterocycles. The lowest BCUT2D eigenvalue weighted by molar-refractivity contribution is -0.126. The van der Waals surface area contributed by atoms with Gasteiger partial charge < -0.3 is 10.6 Å². The van der Waals surface area contributed by atoms with Gasteiger partial charge in [0.1, 0.15) is 6.04 Å². The number of nitrogens with one attached hydrogen (secondary N) is 2. The zero-order chi connectivity index (χ0) is 14.6. The summed E-state index contributed by atoms with van der Waals surface area (Å²) in [5.74, 6) is -0.507. The normalized spacial score (nSPS) is 12.1. The largest absolute Gasteiger partial charge is 0.344 e. The highest BCUT2D eigenvalue weighted by Crippen LogP contribution is 2.23. The SMILES string of the molecule is CC(=O)NC(C(=O)Nc1ccc(C)cc1Cl)C(C)C. The first kappa shape index (κ1) is 15.5. The summed E-state index contributed by atoms with van der Waals surface area (Å²) in [6.07, 6.45) is 0. The summed E-state index contributed by atoms with van der Waals surface area (Å²) in [5, 5.41) is 5.86. The average Bonchev–Trinajstić information content (AvgIpc) is 2.29. The van der Waals surface area contributed by atoms with Crippen molar-refractivity contribution in [1.29, 1.82) is 0 Å². The van der Waals surface area contributed by atoms with Crippen LogP contribution in [0.3, 0.4) is 0 Å².